The fourth-order valence-electron chi connectivity index (χ4n) is 2.58. The van der Waals surface area contributed by atoms with Crippen molar-refractivity contribution in [2.75, 3.05) is 20.3 Å². The molecule has 1 aliphatic rings. The largest absolute Gasteiger partial charge is 0.490 e. The number of hydrogen-bond acceptors (Lipinski definition) is 7. The van der Waals surface area contributed by atoms with Crippen LogP contribution in [0.15, 0.2) is 51.6 Å². The van der Waals surface area contributed by atoms with Crippen molar-refractivity contribution in [1.29, 1.82) is 0 Å². The summed E-state index contributed by atoms with van der Waals surface area (Å²) in [5.74, 6) is 0.0660. The highest BCUT2D eigenvalue weighted by atomic mass is 127. The van der Waals surface area contributed by atoms with Crippen LogP contribution in [-0.4, -0.2) is 38.2 Å². The van der Waals surface area contributed by atoms with Gasteiger partial charge in [-0.3, -0.25) is 0 Å². The van der Waals surface area contributed by atoms with Crippen molar-refractivity contribution in [1.82, 2.24) is 0 Å². The number of carbonyl (C=O) groups excluding carboxylic acids is 2. The molecule has 30 heavy (non-hydrogen) atoms. The number of carbonyl (C=O) groups is 2. The summed E-state index contributed by atoms with van der Waals surface area (Å²) in [6.45, 7) is 2.00. The first-order chi connectivity index (χ1) is 14.4. The molecule has 9 heteroatoms. The van der Waals surface area contributed by atoms with Crippen LogP contribution in [0, 0.1) is 3.57 Å². The van der Waals surface area contributed by atoms with Gasteiger partial charge in [-0.25, -0.2) is 14.6 Å². The van der Waals surface area contributed by atoms with Gasteiger partial charge in [-0.15, -0.1) is 0 Å². The third kappa shape index (κ3) is 5.20. The van der Waals surface area contributed by atoms with Gasteiger partial charge in [-0.1, -0.05) is 12.1 Å². The molecule has 156 valence electrons. The van der Waals surface area contributed by atoms with E-state index in [0.29, 0.717) is 32.8 Å². The first kappa shape index (κ1) is 22.3. The summed E-state index contributed by atoms with van der Waals surface area (Å²) in [5, 5.41) is 0. The van der Waals surface area contributed by atoms with Crippen LogP contribution in [0.5, 0.6) is 11.5 Å². The van der Waals surface area contributed by atoms with E-state index in [9.17, 15) is 9.59 Å². The molecule has 1 heterocycles. The van der Waals surface area contributed by atoms with Gasteiger partial charge in [-0.2, -0.15) is 0 Å². The Morgan fingerprint density at radius 3 is 2.73 bits per heavy atom. The number of rotatable bonds is 7. The predicted octanol–water partition coefficient (Wildman–Crippen LogP) is 4.35. The van der Waals surface area contributed by atoms with Crippen molar-refractivity contribution >= 4 is 62.4 Å². The second kappa shape index (κ2) is 10.1. The Bertz CT molecular complexity index is 1050. The molecule has 0 fully saturated rings. The minimum atomic E-state index is -0.542. The number of methoxy groups -OCH3 is 1. The van der Waals surface area contributed by atoms with E-state index < -0.39 is 11.9 Å². The lowest BCUT2D eigenvalue weighted by Crippen LogP contribution is -2.14. The molecule has 0 saturated carbocycles. The van der Waals surface area contributed by atoms with Gasteiger partial charge in [0.1, 0.15) is 0 Å². The number of halogens is 2. The van der Waals surface area contributed by atoms with E-state index in [-0.39, 0.29) is 18.2 Å². The van der Waals surface area contributed by atoms with Crippen LogP contribution < -0.4 is 9.47 Å². The molecule has 0 saturated heterocycles. The molecule has 0 aliphatic carbocycles. The van der Waals surface area contributed by atoms with Crippen LogP contribution in [0.3, 0.4) is 0 Å². The minimum Gasteiger partial charge on any atom is -0.490 e. The Balaban J connectivity index is 1.93. The second-order valence-electron chi connectivity index (χ2n) is 5.94. The molecular formula is C21H17BrINO6. The van der Waals surface area contributed by atoms with E-state index in [1.807, 2.05) is 31.2 Å². The zero-order valence-corrected chi connectivity index (χ0v) is 19.9. The summed E-state index contributed by atoms with van der Waals surface area (Å²) in [4.78, 5) is 28.1. The Kier molecular flexibility index (Phi) is 7.48. The zero-order valence-electron chi connectivity index (χ0n) is 16.1. The molecule has 0 aromatic heterocycles. The summed E-state index contributed by atoms with van der Waals surface area (Å²) in [5.41, 5.74) is 1.53. The Hall–Kier alpha value is -2.40. The molecule has 0 amide bonds. The van der Waals surface area contributed by atoms with Crippen LogP contribution in [0.4, 0.5) is 0 Å². The van der Waals surface area contributed by atoms with Crippen LogP contribution in [0.2, 0.25) is 0 Å². The maximum Gasteiger partial charge on any atom is 0.363 e. The SMILES string of the molecule is CCOc1cc(/C=C2\N=C(c3ccccc3Br)OC2=O)cc(I)c1OCC(=O)OC. The summed E-state index contributed by atoms with van der Waals surface area (Å²) in [6, 6.07) is 10.9. The summed E-state index contributed by atoms with van der Waals surface area (Å²) in [7, 11) is 1.29. The third-order valence-corrected chi connectivity index (χ3v) is 5.41. The van der Waals surface area contributed by atoms with Crippen molar-refractivity contribution in [3.05, 3.63) is 61.3 Å². The van der Waals surface area contributed by atoms with E-state index >= 15 is 0 Å². The molecule has 2 aromatic carbocycles. The highest BCUT2D eigenvalue weighted by Crippen LogP contribution is 2.35. The first-order valence-corrected chi connectivity index (χ1v) is 10.7. The topological polar surface area (TPSA) is 83.4 Å². The Morgan fingerprint density at radius 1 is 1.27 bits per heavy atom. The summed E-state index contributed by atoms with van der Waals surface area (Å²) < 4.78 is 22.6. The molecule has 0 atom stereocenters. The zero-order chi connectivity index (χ0) is 21.7. The van der Waals surface area contributed by atoms with Gasteiger partial charge in [-0.05, 0) is 81.3 Å². The molecule has 2 aromatic rings. The van der Waals surface area contributed by atoms with Crippen LogP contribution >= 0.6 is 38.5 Å². The molecule has 0 N–H and O–H groups in total. The second-order valence-corrected chi connectivity index (χ2v) is 7.96. The van der Waals surface area contributed by atoms with Crippen LogP contribution in [0.1, 0.15) is 18.1 Å². The molecular weight excluding hydrogens is 569 g/mol. The summed E-state index contributed by atoms with van der Waals surface area (Å²) in [6.07, 6.45) is 1.61. The van der Waals surface area contributed by atoms with Crippen LogP contribution in [0.25, 0.3) is 6.08 Å². The lowest BCUT2D eigenvalue weighted by Gasteiger charge is -2.14. The number of hydrogen-bond donors (Lipinski definition) is 0. The molecule has 1 aliphatic heterocycles. The van der Waals surface area contributed by atoms with Gasteiger partial charge in [0.25, 0.3) is 0 Å². The van der Waals surface area contributed by atoms with Crippen molar-refractivity contribution in [2.24, 2.45) is 4.99 Å². The molecule has 3 rings (SSSR count). The smallest absolute Gasteiger partial charge is 0.363 e. The number of cyclic esters (lactones) is 1. The number of ether oxygens (including phenoxy) is 4. The van der Waals surface area contributed by atoms with Crippen molar-refractivity contribution in [3.8, 4) is 11.5 Å². The lowest BCUT2D eigenvalue weighted by atomic mass is 10.1. The van der Waals surface area contributed by atoms with E-state index in [0.717, 1.165) is 4.47 Å². The molecule has 0 radical (unpaired) electrons. The molecule has 7 nitrogen and oxygen atoms in total. The lowest BCUT2D eigenvalue weighted by molar-refractivity contribution is -0.143. The van der Waals surface area contributed by atoms with Gasteiger partial charge in [0.05, 0.1) is 22.9 Å². The average molecular weight is 586 g/mol. The Labute approximate surface area is 195 Å². The van der Waals surface area contributed by atoms with E-state index in [4.69, 9.17) is 14.2 Å². The first-order valence-electron chi connectivity index (χ1n) is 8.86. The van der Waals surface area contributed by atoms with E-state index in [2.05, 4.69) is 48.3 Å². The highest BCUT2D eigenvalue weighted by molar-refractivity contribution is 14.1. The maximum atomic E-state index is 12.3. The number of aliphatic imine (C=N–C) groups is 1. The fraction of sp³-hybridized carbons (Fsp3) is 0.190. The number of esters is 2. The normalized spacial score (nSPS) is 14.3. The Morgan fingerprint density at radius 2 is 2.03 bits per heavy atom. The third-order valence-electron chi connectivity index (χ3n) is 3.92. The fourth-order valence-corrected chi connectivity index (χ4v) is 3.82. The van der Waals surface area contributed by atoms with E-state index in [1.54, 1.807) is 18.2 Å². The monoisotopic (exact) mass is 585 g/mol. The summed E-state index contributed by atoms with van der Waals surface area (Å²) >= 11 is 5.51. The van der Waals surface area contributed by atoms with Gasteiger partial charge in [0.15, 0.2) is 23.8 Å². The number of nitrogens with zero attached hydrogens (tertiary/aromatic N) is 1. The highest BCUT2D eigenvalue weighted by Gasteiger charge is 2.25. The van der Waals surface area contributed by atoms with Crippen molar-refractivity contribution in [2.45, 2.75) is 6.92 Å². The van der Waals surface area contributed by atoms with Crippen molar-refractivity contribution < 1.29 is 28.5 Å². The molecule has 0 bridgehead atoms. The van der Waals surface area contributed by atoms with Crippen LogP contribution in [-0.2, 0) is 19.1 Å². The van der Waals surface area contributed by atoms with Gasteiger partial charge in [0, 0.05) is 4.47 Å². The van der Waals surface area contributed by atoms with Gasteiger partial charge < -0.3 is 18.9 Å². The predicted molar refractivity (Wildman–Crippen MR) is 123 cm³/mol. The number of benzene rings is 2. The molecule has 0 unspecified atom stereocenters. The quantitative estimate of drug-likeness (QED) is 0.273. The maximum absolute atomic E-state index is 12.3. The minimum absolute atomic E-state index is 0.169. The van der Waals surface area contributed by atoms with Gasteiger partial charge in [0.2, 0.25) is 5.90 Å². The van der Waals surface area contributed by atoms with Crippen molar-refractivity contribution in [3.63, 3.8) is 0 Å². The van der Waals surface area contributed by atoms with Gasteiger partial charge >= 0.3 is 11.9 Å². The van der Waals surface area contributed by atoms with E-state index in [1.165, 1.54) is 7.11 Å². The standard InChI is InChI=1S/C21H17BrINO6/c1-3-28-17-10-12(8-15(23)19(17)29-11-18(25)27-2)9-16-21(26)30-20(24-16)13-6-4-5-7-14(13)22/h4-10H,3,11H2,1-2H3/b16-9-. The molecule has 0 spiro atoms. The average Bonchev–Trinajstić information content (AvgIpc) is 3.07.